The number of esters is 1. The predicted octanol–water partition coefficient (Wildman–Crippen LogP) is 2.79. The summed E-state index contributed by atoms with van der Waals surface area (Å²) in [6.45, 7) is 9.44. The number of nitrogens with two attached hydrogens (primary N) is 1. The first kappa shape index (κ1) is 14.2. The Morgan fingerprint density at radius 3 is 2.41 bits per heavy atom. The SMILES string of the molecule is C=CCC1(N)CCC(C(=O)OC(C)(C)C)CC1. The molecule has 2 N–H and O–H groups in total. The van der Waals surface area contributed by atoms with E-state index in [1.165, 1.54) is 0 Å². The Morgan fingerprint density at radius 1 is 1.47 bits per heavy atom. The number of carbonyl (C=O) groups is 1. The summed E-state index contributed by atoms with van der Waals surface area (Å²) in [6.07, 6.45) is 6.12. The van der Waals surface area contributed by atoms with Crippen LogP contribution in [0.25, 0.3) is 0 Å². The summed E-state index contributed by atoms with van der Waals surface area (Å²) in [6, 6.07) is 0. The van der Waals surface area contributed by atoms with Crippen molar-refractivity contribution in [3.8, 4) is 0 Å². The Labute approximate surface area is 104 Å². The summed E-state index contributed by atoms with van der Waals surface area (Å²) in [5.41, 5.74) is 5.69. The summed E-state index contributed by atoms with van der Waals surface area (Å²) in [5, 5.41) is 0. The van der Waals surface area contributed by atoms with E-state index in [1.54, 1.807) is 0 Å². The molecule has 1 aliphatic rings. The van der Waals surface area contributed by atoms with Crippen LogP contribution in [0.2, 0.25) is 0 Å². The van der Waals surface area contributed by atoms with Crippen molar-refractivity contribution in [2.45, 2.75) is 64.0 Å². The molecular formula is C14H25NO2. The summed E-state index contributed by atoms with van der Waals surface area (Å²) >= 11 is 0. The van der Waals surface area contributed by atoms with E-state index in [-0.39, 0.29) is 17.4 Å². The molecule has 0 aliphatic heterocycles. The summed E-state index contributed by atoms with van der Waals surface area (Å²) in [7, 11) is 0. The van der Waals surface area contributed by atoms with Gasteiger partial charge in [0.25, 0.3) is 0 Å². The van der Waals surface area contributed by atoms with Crippen LogP contribution in [0, 0.1) is 5.92 Å². The van der Waals surface area contributed by atoms with Gasteiger partial charge in [-0.2, -0.15) is 0 Å². The minimum absolute atomic E-state index is 0.0238. The molecule has 0 aromatic rings. The first-order valence-electron chi connectivity index (χ1n) is 6.38. The lowest BCUT2D eigenvalue weighted by Crippen LogP contribution is -2.44. The van der Waals surface area contributed by atoms with Crippen LogP contribution in [0.4, 0.5) is 0 Å². The van der Waals surface area contributed by atoms with Crippen LogP contribution >= 0.6 is 0 Å². The monoisotopic (exact) mass is 239 g/mol. The highest BCUT2D eigenvalue weighted by molar-refractivity contribution is 5.73. The van der Waals surface area contributed by atoms with E-state index >= 15 is 0 Å². The van der Waals surface area contributed by atoms with Gasteiger partial charge in [0.1, 0.15) is 5.60 Å². The van der Waals surface area contributed by atoms with Gasteiger partial charge in [-0.25, -0.2) is 0 Å². The Morgan fingerprint density at radius 2 is 2.00 bits per heavy atom. The zero-order valence-electron chi connectivity index (χ0n) is 11.3. The van der Waals surface area contributed by atoms with Gasteiger partial charge in [0.2, 0.25) is 0 Å². The van der Waals surface area contributed by atoms with Crippen molar-refractivity contribution in [3.63, 3.8) is 0 Å². The number of rotatable bonds is 3. The smallest absolute Gasteiger partial charge is 0.309 e. The minimum Gasteiger partial charge on any atom is -0.460 e. The highest BCUT2D eigenvalue weighted by atomic mass is 16.6. The van der Waals surface area contributed by atoms with Crippen molar-refractivity contribution in [1.82, 2.24) is 0 Å². The first-order chi connectivity index (χ1) is 7.76. The maximum Gasteiger partial charge on any atom is 0.309 e. The second kappa shape index (κ2) is 5.21. The lowest BCUT2D eigenvalue weighted by atomic mass is 9.75. The predicted molar refractivity (Wildman–Crippen MR) is 69.5 cm³/mol. The maximum atomic E-state index is 11.9. The zero-order chi connectivity index (χ0) is 13.1. The van der Waals surface area contributed by atoms with E-state index in [4.69, 9.17) is 10.5 Å². The van der Waals surface area contributed by atoms with Gasteiger partial charge in [-0.3, -0.25) is 4.79 Å². The molecule has 0 radical (unpaired) electrons. The average molecular weight is 239 g/mol. The second-order valence-electron chi connectivity index (χ2n) is 6.16. The van der Waals surface area contributed by atoms with Gasteiger partial charge in [-0.1, -0.05) is 6.08 Å². The fourth-order valence-corrected chi connectivity index (χ4v) is 2.31. The molecule has 0 aromatic carbocycles. The van der Waals surface area contributed by atoms with Crippen LogP contribution < -0.4 is 5.73 Å². The van der Waals surface area contributed by atoms with Gasteiger partial charge >= 0.3 is 5.97 Å². The fourth-order valence-electron chi connectivity index (χ4n) is 2.31. The third-order valence-electron chi connectivity index (χ3n) is 3.27. The van der Waals surface area contributed by atoms with Crippen LogP contribution in [0.5, 0.6) is 0 Å². The van der Waals surface area contributed by atoms with E-state index in [1.807, 2.05) is 26.8 Å². The largest absolute Gasteiger partial charge is 0.460 e. The minimum atomic E-state index is -0.393. The van der Waals surface area contributed by atoms with Gasteiger partial charge in [-0.05, 0) is 52.9 Å². The normalized spacial score (nSPS) is 29.8. The molecule has 1 aliphatic carbocycles. The molecule has 1 fully saturated rings. The molecule has 0 spiro atoms. The van der Waals surface area contributed by atoms with Crippen molar-refractivity contribution in [2.75, 3.05) is 0 Å². The lowest BCUT2D eigenvalue weighted by molar-refractivity contribution is -0.161. The molecule has 98 valence electrons. The van der Waals surface area contributed by atoms with Crippen LogP contribution in [0.15, 0.2) is 12.7 Å². The maximum absolute atomic E-state index is 11.9. The van der Waals surface area contributed by atoms with Crippen molar-refractivity contribution in [1.29, 1.82) is 0 Å². The third-order valence-corrected chi connectivity index (χ3v) is 3.27. The van der Waals surface area contributed by atoms with Crippen LogP contribution in [-0.4, -0.2) is 17.1 Å². The van der Waals surface area contributed by atoms with Crippen molar-refractivity contribution >= 4 is 5.97 Å². The molecule has 17 heavy (non-hydrogen) atoms. The van der Waals surface area contributed by atoms with Gasteiger partial charge in [-0.15, -0.1) is 6.58 Å². The average Bonchev–Trinajstić information content (AvgIpc) is 2.15. The molecule has 0 amide bonds. The van der Waals surface area contributed by atoms with E-state index < -0.39 is 5.60 Å². The fraction of sp³-hybridized carbons (Fsp3) is 0.786. The van der Waals surface area contributed by atoms with E-state index in [0.717, 1.165) is 32.1 Å². The molecule has 0 saturated heterocycles. The van der Waals surface area contributed by atoms with Crippen molar-refractivity contribution < 1.29 is 9.53 Å². The topological polar surface area (TPSA) is 52.3 Å². The molecule has 0 atom stereocenters. The Balaban J connectivity index is 2.46. The Bertz CT molecular complexity index is 283. The van der Waals surface area contributed by atoms with Crippen molar-refractivity contribution in [2.24, 2.45) is 11.7 Å². The highest BCUT2D eigenvalue weighted by Crippen LogP contribution is 2.34. The Kier molecular flexibility index (Phi) is 4.36. The number of hydrogen-bond acceptors (Lipinski definition) is 3. The highest BCUT2D eigenvalue weighted by Gasteiger charge is 2.35. The quantitative estimate of drug-likeness (QED) is 0.608. The third kappa shape index (κ3) is 4.50. The number of carbonyl (C=O) groups excluding carboxylic acids is 1. The van der Waals surface area contributed by atoms with Gasteiger partial charge in [0, 0.05) is 5.54 Å². The van der Waals surface area contributed by atoms with E-state index in [0.29, 0.717) is 0 Å². The Hall–Kier alpha value is -0.830. The molecular weight excluding hydrogens is 214 g/mol. The molecule has 0 bridgehead atoms. The summed E-state index contributed by atoms with van der Waals surface area (Å²) in [5.74, 6) is -0.0473. The standard InChI is InChI=1S/C14H25NO2/c1-5-8-14(15)9-6-11(7-10-14)12(16)17-13(2,3)4/h5,11H,1,6-10,15H2,2-4H3. The molecule has 1 rings (SSSR count). The van der Waals surface area contributed by atoms with E-state index in [2.05, 4.69) is 6.58 Å². The lowest BCUT2D eigenvalue weighted by Gasteiger charge is -2.36. The molecule has 0 unspecified atom stereocenters. The van der Waals surface area contributed by atoms with Gasteiger partial charge in [0.15, 0.2) is 0 Å². The molecule has 3 nitrogen and oxygen atoms in total. The molecule has 1 saturated carbocycles. The second-order valence-corrected chi connectivity index (χ2v) is 6.16. The number of hydrogen-bond donors (Lipinski definition) is 1. The molecule has 3 heteroatoms. The van der Waals surface area contributed by atoms with Crippen LogP contribution in [0.3, 0.4) is 0 Å². The number of ether oxygens (including phenoxy) is 1. The van der Waals surface area contributed by atoms with Gasteiger partial charge in [0.05, 0.1) is 5.92 Å². The summed E-state index contributed by atoms with van der Waals surface area (Å²) in [4.78, 5) is 11.9. The first-order valence-corrected chi connectivity index (χ1v) is 6.38. The molecule has 0 aromatic heterocycles. The van der Waals surface area contributed by atoms with Crippen LogP contribution in [0.1, 0.15) is 52.9 Å². The molecule has 0 heterocycles. The van der Waals surface area contributed by atoms with Crippen molar-refractivity contribution in [3.05, 3.63) is 12.7 Å². The summed E-state index contributed by atoms with van der Waals surface area (Å²) < 4.78 is 5.41. The van der Waals surface area contributed by atoms with E-state index in [9.17, 15) is 4.79 Å². The zero-order valence-corrected chi connectivity index (χ0v) is 11.3. The van der Waals surface area contributed by atoms with Crippen LogP contribution in [-0.2, 0) is 9.53 Å². The van der Waals surface area contributed by atoms with Gasteiger partial charge < -0.3 is 10.5 Å².